The average Bonchev–Trinajstić information content (AvgIpc) is 3.20. The zero-order valence-electron chi connectivity index (χ0n) is 16.8. The summed E-state index contributed by atoms with van der Waals surface area (Å²) in [6.45, 7) is 2.62. The van der Waals surface area contributed by atoms with Crippen LogP contribution in [0.4, 0.5) is 11.5 Å². The van der Waals surface area contributed by atoms with Gasteiger partial charge in [0.25, 0.3) is 5.56 Å². The summed E-state index contributed by atoms with van der Waals surface area (Å²) in [7, 11) is 0. The normalized spacial score (nSPS) is 15.6. The molecule has 1 aromatic heterocycles. The van der Waals surface area contributed by atoms with Crippen LogP contribution in [0.2, 0.25) is 0 Å². The van der Waals surface area contributed by atoms with Crippen LogP contribution in [0.15, 0.2) is 52.1 Å². The summed E-state index contributed by atoms with van der Waals surface area (Å²) in [6, 6.07) is 9.45. The summed E-state index contributed by atoms with van der Waals surface area (Å²) in [5.41, 5.74) is 6.02. The van der Waals surface area contributed by atoms with E-state index in [2.05, 4.69) is 11.1 Å². The van der Waals surface area contributed by atoms with Crippen LogP contribution in [0.3, 0.4) is 0 Å². The van der Waals surface area contributed by atoms with Crippen LogP contribution in [-0.2, 0) is 17.9 Å². The molecule has 1 amide bonds. The minimum atomic E-state index is -0.633. The van der Waals surface area contributed by atoms with Gasteiger partial charge in [0.1, 0.15) is 5.82 Å². The summed E-state index contributed by atoms with van der Waals surface area (Å²) < 4.78 is 1.35. The number of nitrogen functional groups attached to an aromatic ring is 1. The molecule has 0 unspecified atom stereocenters. The van der Waals surface area contributed by atoms with E-state index in [1.54, 1.807) is 0 Å². The fraction of sp³-hybridized carbons (Fsp3) is 0.409. The van der Waals surface area contributed by atoms with E-state index < -0.39 is 11.2 Å². The van der Waals surface area contributed by atoms with Crippen LogP contribution in [0, 0.1) is 5.92 Å². The van der Waals surface area contributed by atoms with Crippen LogP contribution < -0.4 is 21.9 Å². The molecular formula is C22H28N4O3. The zero-order chi connectivity index (χ0) is 20.8. The number of allylic oxidation sites excluding steroid dienone is 2. The number of hydrogen-bond acceptors (Lipinski definition) is 4. The van der Waals surface area contributed by atoms with E-state index >= 15 is 0 Å². The predicted molar refractivity (Wildman–Crippen MR) is 115 cm³/mol. The third-order valence-electron chi connectivity index (χ3n) is 5.25. The second kappa shape index (κ2) is 9.41. The van der Waals surface area contributed by atoms with Gasteiger partial charge in [0.2, 0.25) is 5.91 Å². The lowest BCUT2D eigenvalue weighted by Gasteiger charge is -2.25. The van der Waals surface area contributed by atoms with Crippen molar-refractivity contribution in [3.63, 3.8) is 0 Å². The van der Waals surface area contributed by atoms with Crippen LogP contribution in [0.1, 0.15) is 44.6 Å². The van der Waals surface area contributed by atoms with Gasteiger partial charge in [0, 0.05) is 13.0 Å². The molecule has 1 heterocycles. The number of nitrogens with zero attached hydrogens (tertiary/aromatic N) is 2. The predicted octanol–water partition coefficient (Wildman–Crippen LogP) is 2.81. The van der Waals surface area contributed by atoms with Crippen molar-refractivity contribution in [1.82, 2.24) is 9.55 Å². The number of nitrogens with two attached hydrogens (primary N) is 1. The average molecular weight is 396 g/mol. The lowest BCUT2D eigenvalue weighted by molar-refractivity contribution is -0.119. The molecule has 0 radical (unpaired) electrons. The number of hydrogen-bond donors (Lipinski definition) is 2. The van der Waals surface area contributed by atoms with Crippen LogP contribution in [0.25, 0.3) is 0 Å². The Hall–Kier alpha value is -3.09. The number of rotatable bonds is 8. The molecule has 0 saturated heterocycles. The number of carbonyl (C=O) groups is 1. The van der Waals surface area contributed by atoms with E-state index in [4.69, 9.17) is 5.73 Å². The molecule has 1 atom stereocenters. The first-order chi connectivity index (χ1) is 14.0. The number of H-pyrrole nitrogens is 1. The highest BCUT2D eigenvalue weighted by molar-refractivity contribution is 5.95. The largest absolute Gasteiger partial charge is 0.383 e. The van der Waals surface area contributed by atoms with Crippen LogP contribution in [0.5, 0.6) is 0 Å². The molecule has 0 aliphatic heterocycles. The van der Waals surface area contributed by atoms with Gasteiger partial charge in [-0.1, -0.05) is 55.8 Å². The molecule has 1 aliphatic rings. The number of carbonyl (C=O) groups excluding carboxylic acids is 1. The fourth-order valence-corrected chi connectivity index (χ4v) is 3.63. The first-order valence-corrected chi connectivity index (χ1v) is 10.1. The van der Waals surface area contributed by atoms with Crippen molar-refractivity contribution in [2.75, 3.05) is 10.6 Å². The second-order valence-corrected chi connectivity index (χ2v) is 7.43. The first kappa shape index (κ1) is 20.6. The Morgan fingerprint density at radius 2 is 2.03 bits per heavy atom. The van der Waals surface area contributed by atoms with Gasteiger partial charge in [0.05, 0.1) is 6.54 Å². The molecule has 7 nitrogen and oxygen atoms in total. The van der Waals surface area contributed by atoms with Crippen molar-refractivity contribution in [3.8, 4) is 0 Å². The quantitative estimate of drug-likeness (QED) is 0.670. The fourth-order valence-electron chi connectivity index (χ4n) is 3.63. The number of amides is 1. The van der Waals surface area contributed by atoms with Crippen molar-refractivity contribution in [2.24, 2.45) is 5.92 Å². The lowest BCUT2D eigenvalue weighted by Crippen LogP contribution is -2.41. The molecule has 7 heteroatoms. The molecule has 2 aromatic rings. The molecule has 1 aromatic carbocycles. The monoisotopic (exact) mass is 396 g/mol. The van der Waals surface area contributed by atoms with E-state index in [1.165, 1.54) is 9.47 Å². The number of aromatic nitrogens is 2. The van der Waals surface area contributed by atoms with E-state index in [1.807, 2.05) is 43.3 Å². The van der Waals surface area contributed by atoms with Crippen LogP contribution >= 0.6 is 0 Å². The maximum atomic E-state index is 13.2. The SMILES string of the molecule is CCCCn1c(N)c(N(Cc2ccccc2)C(=O)C[C@H]2C=CCC2)c(=O)[nH]c1=O. The Morgan fingerprint density at radius 3 is 2.69 bits per heavy atom. The molecule has 3 rings (SSSR count). The van der Waals surface area contributed by atoms with Gasteiger partial charge < -0.3 is 10.6 Å². The molecule has 1 aliphatic carbocycles. The third kappa shape index (κ3) is 4.85. The smallest absolute Gasteiger partial charge is 0.330 e. The van der Waals surface area contributed by atoms with Crippen molar-refractivity contribution < 1.29 is 4.79 Å². The molecule has 0 bridgehead atoms. The maximum Gasteiger partial charge on any atom is 0.330 e. The van der Waals surface area contributed by atoms with Gasteiger partial charge in [-0.3, -0.25) is 19.1 Å². The van der Waals surface area contributed by atoms with Crippen molar-refractivity contribution >= 4 is 17.4 Å². The lowest BCUT2D eigenvalue weighted by atomic mass is 10.0. The molecule has 154 valence electrons. The summed E-state index contributed by atoms with van der Waals surface area (Å²) >= 11 is 0. The highest BCUT2D eigenvalue weighted by Crippen LogP contribution is 2.25. The van der Waals surface area contributed by atoms with Gasteiger partial charge >= 0.3 is 5.69 Å². The van der Waals surface area contributed by atoms with E-state index in [9.17, 15) is 14.4 Å². The first-order valence-electron chi connectivity index (χ1n) is 10.1. The summed E-state index contributed by atoms with van der Waals surface area (Å²) in [5, 5.41) is 0. The number of anilines is 2. The van der Waals surface area contributed by atoms with E-state index in [-0.39, 0.29) is 29.9 Å². The molecule has 3 N–H and O–H groups in total. The molecule has 29 heavy (non-hydrogen) atoms. The Balaban J connectivity index is 2.02. The summed E-state index contributed by atoms with van der Waals surface area (Å²) in [5.74, 6) is 0.0221. The minimum absolute atomic E-state index is 0.0402. The molecule has 0 fully saturated rings. The third-order valence-corrected chi connectivity index (χ3v) is 5.25. The maximum absolute atomic E-state index is 13.2. The Kier molecular flexibility index (Phi) is 6.69. The number of aromatic amines is 1. The summed E-state index contributed by atoms with van der Waals surface area (Å²) in [4.78, 5) is 41.9. The number of nitrogens with one attached hydrogen (secondary N) is 1. The topological polar surface area (TPSA) is 101 Å². The van der Waals surface area contributed by atoms with Crippen molar-refractivity contribution in [3.05, 3.63) is 68.9 Å². The standard InChI is InChI=1S/C22H28N4O3/c1-2-3-13-25-20(23)19(21(28)24-22(25)29)26(15-17-11-5-4-6-12-17)18(27)14-16-9-7-8-10-16/h4-7,9,11-12,16H,2-3,8,10,13-15,23H2,1H3,(H,24,28,29)/t16-/m0/s1. The Bertz CT molecular complexity index is 991. The highest BCUT2D eigenvalue weighted by atomic mass is 16.2. The molecule has 0 spiro atoms. The Labute approximate surface area is 169 Å². The van der Waals surface area contributed by atoms with E-state index in [0.717, 1.165) is 31.2 Å². The van der Waals surface area contributed by atoms with Gasteiger partial charge in [-0.2, -0.15) is 0 Å². The Morgan fingerprint density at radius 1 is 1.28 bits per heavy atom. The van der Waals surface area contributed by atoms with Gasteiger partial charge in [-0.25, -0.2) is 4.79 Å². The summed E-state index contributed by atoms with van der Waals surface area (Å²) in [6.07, 6.45) is 7.93. The second-order valence-electron chi connectivity index (χ2n) is 7.43. The number of unbranched alkanes of at least 4 members (excludes halogenated alkanes) is 1. The van der Waals surface area contributed by atoms with Crippen molar-refractivity contribution in [2.45, 2.75) is 52.1 Å². The van der Waals surface area contributed by atoms with Crippen molar-refractivity contribution in [1.29, 1.82) is 0 Å². The number of benzene rings is 1. The minimum Gasteiger partial charge on any atom is -0.383 e. The van der Waals surface area contributed by atoms with Gasteiger partial charge in [-0.15, -0.1) is 0 Å². The van der Waals surface area contributed by atoms with Gasteiger partial charge in [-0.05, 0) is 30.7 Å². The highest BCUT2D eigenvalue weighted by Gasteiger charge is 2.26. The van der Waals surface area contributed by atoms with E-state index in [0.29, 0.717) is 13.0 Å². The van der Waals surface area contributed by atoms with Crippen LogP contribution in [-0.4, -0.2) is 15.5 Å². The molecule has 0 saturated carbocycles. The molecular weight excluding hydrogens is 368 g/mol. The zero-order valence-corrected chi connectivity index (χ0v) is 16.8. The van der Waals surface area contributed by atoms with Gasteiger partial charge in [0.15, 0.2) is 5.69 Å².